The van der Waals surface area contributed by atoms with E-state index in [0.29, 0.717) is 11.3 Å². The summed E-state index contributed by atoms with van der Waals surface area (Å²) in [6, 6.07) is 6.90. The van der Waals surface area contributed by atoms with E-state index in [-0.39, 0.29) is 18.2 Å². The predicted molar refractivity (Wildman–Crippen MR) is 75.0 cm³/mol. The number of aromatic nitrogens is 2. The van der Waals surface area contributed by atoms with Crippen molar-refractivity contribution in [3.8, 4) is 0 Å². The Morgan fingerprint density at radius 1 is 1.42 bits per heavy atom. The minimum absolute atomic E-state index is 0.101. The topological polar surface area (TPSA) is 64.0 Å². The Kier molecular flexibility index (Phi) is 4.11. The number of amides is 1. The predicted octanol–water partition coefficient (Wildman–Crippen LogP) is 2.49. The third-order valence-corrected chi connectivity index (χ3v) is 2.99. The first kappa shape index (κ1) is 13.5. The van der Waals surface area contributed by atoms with Crippen LogP contribution in [0.25, 0.3) is 0 Å². The molecule has 0 atom stereocenters. The van der Waals surface area contributed by atoms with Gasteiger partial charge in [-0.3, -0.25) is 14.3 Å². The summed E-state index contributed by atoms with van der Waals surface area (Å²) in [4.78, 5) is 23.4. The third kappa shape index (κ3) is 3.51. The molecule has 19 heavy (non-hydrogen) atoms. The fraction of sp³-hybridized carbons (Fsp3) is 0.154. The van der Waals surface area contributed by atoms with Crippen LogP contribution < -0.4 is 5.32 Å². The first-order valence-corrected chi connectivity index (χ1v) is 6.43. The lowest BCUT2D eigenvalue weighted by Crippen LogP contribution is -2.20. The molecule has 6 heteroatoms. The Labute approximate surface area is 118 Å². The minimum atomic E-state index is -0.228. The second kappa shape index (κ2) is 5.79. The number of Topliss-reactive ketones (excluding diaryl/α,β-unsaturated/α-hetero) is 1. The molecule has 0 aliphatic carbocycles. The molecule has 0 radical (unpaired) electrons. The van der Waals surface area contributed by atoms with Crippen molar-refractivity contribution in [1.29, 1.82) is 0 Å². The van der Waals surface area contributed by atoms with E-state index in [4.69, 9.17) is 0 Å². The normalized spacial score (nSPS) is 10.2. The Morgan fingerprint density at radius 2 is 2.21 bits per heavy atom. The summed E-state index contributed by atoms with van der Waals surface area (Å²) in [6.45, 7) is 1.57. The first-order chi connectivity index (χ1) is 9.06. The van der Waals surface area contributed by atoms with Gasteiger partial charge in [0.2, 0.25) is 5.91 Å². The number of benzene rings is 1. The quantitative estimate of drug-likeness (QED) is 0.880. The molecule has 1 aromatic carbocycles. The van der Waals surface area contributed by atoms with Crippen LogP contribution in [0.2, 0.25) is 0 Å². The fourth-order valence-electron chi connectivity index (χ4n) is 1.65. The van der Waals surface area contributed by atoms with Gasteiger partial charge < -0.3 is 5.32 Å². The summed E-state index contributed by atoms with van der Waals surface area (Å²) < 4.78 is 2.31. The van der Waals surface area contributed by atoms with Gasteiger partial charge in [0, 0.05) is 22.4 Å². The molecule has 0 saturated carbocycles. The Hall–Kier alpha value is -1.95. The molecular weight excluding hydrogens is 310 g/mol. The highest BCUT2D eigenvalue weighted by Crippen LogP contribution is 2.21. The standard InChI is InChI=1S/C13H12BrN3O2/c1-9(18)11-7-10(14)3-4-12(11)16-13(19)8-17-6-2-5-15-17/h2-7H,8H2,1H3,(H,16,19). The van der Waals surface area contributed by atoms with E-state index in [9.17, 15) is 9.59 Å². The summed E-state index contributed by atoms with van der Waals surface area (Å²) in [5, 5.41) is 6.67. The Balaban J connectivity index is 2.14. The van der Waals surface area contributed by atoms with Gasteiger partial charge in [0.15, 0.2) is 5.78 Å². The number of carbonyl (C=O) groups excluding carboxylic acids is 2. The Morgan fingerprint density at radius 3 is 2.84 bits per heavy atom. The molecule has 0 saturated heterocycles. The maximum atomic E-state index is 11.8. The number of halogens is 1. The second-order valence-corrected chi connectivity index (χ2v) is 4.91. The number of nitrogens with zero attached hydrogens (tertiary/aromatic N) is 2. The van der Waals surface area contributed by atoms with Gasteiger partial charge in [0.25, 0.3) is 0 Å². The summed E-state index contributed by atoms with van der Waals surface area (Å²) >= 11 is 3.30. The number of hydrogen-bond acceptors (Lipinski definition) is 3. The average Bonchev–Trinajstić information content (AvgIpc) is 2.83. The van der Waals surface area contributed by atoms with E-state index < -0.39 is 0 Å². The summed E-state index contributed by atoms with van der Waals surface area (Å²) in [7, 11) is 0. The molecular formula is C13H12BrN3O2. The number of hydrogen-bond donors (Lipinski definition) is 1. The molecule has 5 nitrogen and oxygen atoms in total. The maximum absolute atomic E-state index is 11.8. The molecule has 2 rings (SSSR count). The highest BCUT2D eigenvalue weighted by atomic mass is 79.9. The van der Waals surface area contributed by atoms with Crippen molar-refractivity contribution in [2.75, 3.05) is 5.32 Å². The van der Waals surface area contributed by atoms with Crippen LogP contribution in [0.5, 0.6) is 0 Å². The van der Waals surface area contributed by atoms with Crippen molar-refractivity contribution < 1.29 is 9.59 Å². The van der Waals surface area contributed by atoms with E-state index in [1.54, 1.807) is 36.7 Å². The largest absolute Gasteiger partial charge is 0.324 e. The minimum Gasteiger partial charge on any atom is -0.324 e. The number of rotatable bonds is 4. The fourth-order valence-corrected chi connectivity index (χ4v) is 2.01. The summed E-state index contributed by atoms with van der Waals surface area (Å²) in [6.07, 6.45) is 3.31. The van der Waals surface area contributed by atoms with E-state index >= 15 is 0 Å². The van der Waals surface area contributed by atoms with Crippen LogP contribution in [0.1, 0.15) is 17.3 Å². The van der Waals surface area contributed by atoms with E-state index in [0.717, 1.165) is 4.47 Å². The van der Waals surface area contributed by atoms with Gasteiger partial charge in [-0.25, -0.2) is 0 Å². The molecule has 2 aromatic rings. The SMILES string of the molecule is CC(=O)c1cc(Br)ccc1NC(=O)Cn1cccn1. The van der Waals surface area contributed by atoms with Gasteiger partial charge in [-0.1, -0.05) is 15.9 Å². The van der Waals surface area contributed by atoms with Crippen molar-refractivity contribution in [3.63, 3.8) is 0 Å². The molecule has 0 unspecified atom stereocenters. The van der Waals surface area contributed by atoms with Gasteiger partial charge in [-0.2, -0.15) is 5.10 Å². The number of nitrogens with one attached hydrogen (secondary N) is 1. The smallest absolute Gasteiger partial charge is 0.246 e. The van der Waals surface area contributed by atoms with Crippen LogP contribution in [0.3, 0.4) is 0 Å². The average molecular weight is 322 g/mol. The van der Waals surface area contributed by atoms with Crippen LogP contribution in [0.4, 0.5) is 5.69 Å². The van der Waals surface area contributed by atoms with Crippen LogP contribution in [0.15, 0.2) is 41.1 Å². The van der Waals surface area contributed by atoms with Gasteiger partial charge in [0.05, 0.1) is 5.69 Å². The lowest BCUT2D eigenvalue weighted by Gasteiger charge is -2.09. The van der Waals surface area contributed by atoms with Crippen molar-refractivity contribution in [3.05, 3.63) is 46.7 Å². The van der Waals surface area contributed by atoms with Crippen LogP contribution in [0, 0.1) is 0 Å². The van der Waals surface area contributed by atoms with Crippen molar-refractivity contribution in [2.45, 2.75) is 13.5 Å². The highest BCUT2D eigenvalue weighted by Gasteiger charge is 2.11. The lowest BCUT2D eigenvalue weighted by atomic mass is 10.1. The molecule has 0 aliphatic rings. The molecule has 1 N–H and O–H groups in total. The van der Waals surface area contributed by atoms with Gasteiger partial charge in [-0.05, 0) is 31.2 Å². The van der Waals surface area contributed by atoms with Gasteiger partial charge in [0.1, 0.15) is 6.54 Å². The van der Waals surface area contributed by atoms with Crippen LogP contribution in [-0.4, -0.2) is 21.5 Å². The van der Waals surface area contributed by atoms with Crippen LogP contribution in [-0.2, 0) is 11.3 Å². The molecule has 0 fully saturated rings. The molecule has 98 valence electrons. The van der Waals surface area contributed by atoms with Crippen molar-refractivity contribution in [1.82, 2.24) is 9.78 Å². The molecule has 0 aliphatic heterocycles. The zero-order chi connectivity index (χ0) is 13.8. The third-order valence-electron chi connectivity index (χ3n) is 2.50. The number of anilines is 1. The zero-order valence-corrected chi connectivity index (χ0v) is 11.8. The second-order valence-electron chi connectivity index (χ2n) is 4.00. The van der Waals surface area contributed by atoms with E-state index in [1.165, 1.54) is 11.6 Å². The molecule has 1 aromatic heterocycles. The highest BCUT2D eigenvalue weighted by molar-refractivity contribution is 9.10. The lowest BCUT2D eigenvalue weighted by molar-refractivity contribution is -0.116. The molecule has 1 amide bonds. The van der Waals surface area contributed by atoms with E-state index in [1.807, 2.05) is 0 Å². The number of carbonyl (C=O) groups is 2. The first-order valence-electron chi connectivity index (χ1n) is 5.64. The van der Waals surface area contributed by atoms with Gasteiger partial charge in [-0.15, -0.1) is 0 Å². The monoisotopic (exact) mass is 321 g/mol. The molecule has 0 spiro atoms. The van der Waals surface area contributed by atoms with Crippen molar-refractivity contribution >= 4 is 33.3 Å². The summed E-state index contributed by atoms with van der Waals surface area (Å²) in [5.74, 6) is -0.329. The van der Waals surface area contributed by atoms with Crippen LogP contribution >= 0.6 is 15.9 Å². The number of ketones is 1. The van der Waals surface area contributed by atoms with Crippen molar-refractivity contribution in [2.24, 2.45) is 0 Å². The Bertz CT molecular complexity index is 608. The maximum Gasteiger partial charge on any atom is 0.246 e. The zero-order valence-electron chi connectivity index (χ0n) is 10.3. The van der Waals surface area contributed by atoms with E-state index in [2.05, 4.69) is 26.3 Å². The summed E-state index contributed by atoms with van der Waals surface area (Å²) in [5.41, 5.74) is 0.982. The molecule has 1 heterocycles. The van der Waals surface area contributed by atoms with Gasteiger partial charge >= 0.3 is 0 Å². The molecule has 0 bridgehead atoms.